The molecule has 0 heterocycles. The van der Waals surface area contributed by atoms with Crippen LogP contribution in [0.15, 0.2) is 24.3 Å². The van der Waals surface area contributed by atoms with Crippen LogP contribution in [0.25, 0.3) is 0 Å². The average molecular weight is 333 g/mol. The Morgan fingerprint density at radius 3 is 2.08 bits per heavy atom. The van der Waals surface area contributed by atoms with Crippen LogP contribution >= 0.6 is 0 Å². The van der Waals surface area contributed by atoms with Crippen molar-refractivity contribution in [2.24, 2.45) is 11.8 Å². The molecule has 0 aliphatic rings. The molecule has 0 fully saturated rings. The number of rotatable bonds is 14. The number of aryl methyl sites for hydroxylation is 1. The molecular formula is C23H40O. The summed E-state index contributed by atoms with van der Waals surface area (Å²) in [5.41, 5.74) is 1.26. The van der Waals surface area contributed by atoms with Crippen molar-refractivity contribution in [1.29, 1.82) is 0 Å². The van der Waals surface area contributed by atoms with Gasteiger partial charge in [-0.15, -0.1) is 0 Å². The van der Waals surface area contributed by atoms with E-state index >= 15 is 0 Å². The summed E-state index contributed by atoms with van der Waals surface area (Å²) in [5, 5.41) is 9.46. The molecule has 0 bridgehead atoms. The Morgan fingerprint density at radius 1 is 0.792 bits per heavy atom. The van der Waals surface area contributed by atoms with Gasteiger partial charge in [-0.3, -0.25) is 0 Å². The number of phenolic OH excluding ortho intramolecular Hbond substituents is 1. The topological polar surface area (TPSA) is 20.2 Å². The molecule has 1 aromatic carbocycles. The monoisotopic (exact) mass is 332 g/mol. The van der Waals surface area contributed by atoms with Crippen molar-refractivity contribution in [3.05, 3.63) is 29.8 Å². The van der Waals surface area contributed by atoms with Gasteiger partial charge in [0.1, 0.15) is 5.75 Å². The highest BCUT2D eigenvalue weighted by atomic mass is 16.3. The molecule has 1 N–H and O–H groups in total. The minimum atomic E-state index is 0.394. The summed E-state index contributed by atoms with van der Waals surface area (Å²) in [4.78, 5) is 0. The van der Waals surface area contributed by atoms with Gasteiger partial charge in [-0.05, 0) is 42.4 Å². The maximum absolute atomic E-state index is 9.46. The van der Waals surface area contributed by atoms with Gasteiger partial charge in [0, 0.05) is 0 Å². The number of aromatic hydroxyl groups is 1. The van der Waals surface area contributed by atoms with Crippen LogP contribution in [0.4, 0.5) is 0 Å². The van der Waals surface area contributed by atoms with Crippen molar-refractivity contribution >= 4 is 0 Å². The first-order valence-electron chi connectivity index (χ1n) is 10.4. The first kappa shape index (κ1) is 21.1. The van der Waals surface area contributed by atoms with Crippen LogP contribution in [0.2, 0.25) is 0 Å². The minimum absolute atomic E-state index is 0.394. The summed E-state index contributed by atoms with van der Waals surface area (Å²) in [7, 11) is 0. The van der Waals surface area contributed by atoms with Crippen molar-refractivity contribution in [3.8, 4) is 5.75 Å². The van der Waals surface area contributed by atoms with Gasteiger partial charge in [-0.1, -0.05) is 97.1 Å². The lowest BCUT2D eigenvalue weighted by molar-refractivity contribution is 0.380. The smallest absolute Gasteiger partial charge is 0.115 e. The predicted octanol–water partition coefficient (Wildman–Crippen LogP) is 7.52. The van der Waals surface area contributed by atoms with E-state index in [1.54, 1.807) is 6.07 Å². The molecule has 1 aromatic rings. The van der Waals surface area contributed by atoms with Crippen molar-refractivity contribution in [1.82, 2.24) is 0 Å². The number of benzene rings is 1. The lowest BCUT2D eigenvalue weighted by Gasteiger charge is -2.15. The second-order valence-corrected chi connectivity index (χ2v) is 7.91. The summed E-state index contributed by atoms with van der Waals surface area (Å²) in [6.07, 6.45) is 16.2. The zero-order valence-electron chi connectivity index (χ0n) is 16.4. The Kier molecular flexibility index (Phi) is 11.7. The lowest BCUT2D eigenvalue weighted by Crippen LogP contribution is -2.01. The van der Waals surface area contributed by atoms with Crippen molar-refractivity contribution < 1.29 is 5.11 Å². The van der Waals surface area contributed by atoms with Crippen molar-refractivity contribution in [2.45, 2.75) is 97.8 Å². The molecule has 0 aromatic heterocycles. The van der Waals surface area contributed by atoms with Crippen molar-refractivity contribution in [3.63, 3.8) is 0 Å². The molecule has 24 heavy (non-hydrogen) atoms. The maximum Gasteiger partial charge on any atom is 0.115 e. The lowest BCUT2D eigenvalue weighted by atomic mass is 9.91. The third kappa shape index (κ3) is 10.7. The fraction of sp³-hybridized carbons (Fsp3) is 0.739. The molecule has 2 unspecified atom stereocenters. The SMILES string of the molecule is CCCCC(C)CCC(C)CCCCCCCc1cccc(O)c1. The molecule has 1 nitrogen and oxygen atoms in total. The van der Waals surface area contributed by atoms with Crippen LogP contribution in [-0.4, -0.2) is 5.11 Å². The van der Waals surface area contributed by atoms with Crippen LogP contribution in [0.3, 0.4) is 0 Å². The molecule has 0 saturated heterocycles. The molecule has 0 saturated carbocycles. The van der Waals surface area contributed by atoms with E-state index in [0.29, 0.717) is 5.75 Å². The van der Waals surface area contributed by atoms with Gasteiger partial charge >= 0.3 is 0 Å². The van der Waals surface area contributed by atoms with Crippen LogP contribution in [0.1, 0.15) is 97.0 Å². The Bertz CT molecular complexity index is 412. The van der Waals surface area contributed by atoms with Gasteiger partial charge in [0.2, 0.25) is 0 Å². The van der Waals surface area contributed by atoms with E-state index in [0.717, 1.165) is 18.3 Å². The molecule has 0 radical (unpaired) electrons. The van der Waals surface area contributed by atoms with Gasteiger partial charge < -0.3 is 5.11 Å². The fourth-order valence-corrected chi connectivity index (χ4v) is 3.47. The normalized spacial score (nSPS) is 13.8. The molecule has 138 valence electrons. The molecule has 0 spiro atoms. The van der Waals surface area contributed by atoms with E-state index in [1.165, 1.54) is 76.2 Å². The number of hydrogen-bond donors (Lipinski definition) is 1. The third-order valence-corrected chi connectivity index (χ3v) is 5.28. The number of phenols is 1. The van der Waals surface area contributed by atoms with Gasteiger partial charge in [-0.2, -0.15) is 0 Å². The summed E-state index contributed by atoms with van der Waals surface area (Å²) in [5.74, 6) is 2.22. The predicted molar refractivity (Wildman–Crippen MR) is 107 cm³/mol. The highest BCUT2D eigenvalue weighted by molar-refractivity contribution is 5.27. The van der Waals surface area contributed by atoms with Crippen LogP contribution < -0.4 is 0 Å². The first-order chi connectivity index (χ1) is 11.6. The Balaban J connectivity index is 1.94. The van der Waals surface area contributed by atoms with Crippen molar-refractivity contribution in [2.75, 3.05) is 0 Å². The molecule has 1 rings (SSSR count). The van der Waals surface area contributed by atoms with Gasteiger partial charge in [0.25, 0.3) is 0 Å². The van der Waals surface area contributed by atoms with Gasteiger partial charge in [-0.25, -0.2) is 0 Å². The Morgan fingerprint density at radius 2 is 1.42 bits per heavy atom. The average Bonchev–Trinajstić information content (AvgIpc) is 2.57. The standard InChI is InChI=1S/C23H40O/c1-4-5-12-20(2)17-18-21(3)13-9-7-6-8-10-14-22-15-11-16-23(24)19-22/h11,15-16,19-21,24H,4-10,12-14,17-18H2,1-3H3. The number of hydrogen-bond acceptors (Lipinski definition) is 1. The van der Waals surface area contributed by atoms with E-state index < -0.39 is 0 Å². The van der Waals surface area contributed by atoms with Crippen LogP contribution in [0, 0.1) is 11.8 Å². The third-order valence-electron chi connectivity index (χ3n) is 5.28. The Labute approximate surface area is 150 Å². The minimum Gasteiger partial charge on any atom is -0.508 e. The Hall–Kier alpha value is -0.980. The molecule has 2 atom stereocenters. The van der Waals surface area contributed by atoms with Gasteiger partial charge in [0.15, 0.2) is 0 Å². The summed E-state index contributed by atoms with van der Waals surface area (Å²) < 4.78 is 0. The van der Waals surface area contributed by atoms with E-state index in [1.807, 2.05) is 12.1 Å². The van der Waals surface area contributed by atoms with E-state index in [9.17, 15) is 5.11 Å². The zero-order chi connectivity index (χ0) is 17.6. The molecule has 0 aliphatic carbocycles. The second kappa shape index (κ2) is 13.3. The fourth-order valence-electron chi connectivity index (χ4n) is 3.47. The quantitative estimate of drug-likeness (QED) is 0.349. The van der Waals surface area contributed by atoms with E-state index in [2.05, 4.69) is 26.8 Å². The summed E-state index contributed by atoms with van der Waals surface area (Å²) in [6.45, 7) is 7.16. The first-order valence-corrected chi connectivity index (χ1v) is 10.4. The number of unbranched alkanes of at least 4 members (excludes halogenated alkanes) is 5. The van der Waals surface area contributed by atoms with Crippen LogP contribution in [0.5, 0.6) is 5.75 Å². The highest BCUT2D eigenvalue weighted by Crippen LogP contribution is 2.21. The second-order valence-electron chi connectivity index (χ2n) is 7.91. The molecular weight excluding hydrogens is 292 g/mol. The molecule has 0 amide bonds. The summed E-state index contributed by atoms with van der Waals surface area (Å²) >= 11 is 0. The highest BCUT2D eigenvalue weighted by Gasteiger charge is 2.06. The van der Waals surface area contributed by atoms with Crippen LogP contribution in [-0.2, 0) is 6.42 Å². The van der Waals surface area contributed by atoms with Gasteiger partial charge in [0.05, 0.1) is 0 Å². The zero-order valence-corrected chi connectivity index (χ0v) is 16.4. The largest absolute Gasteiger partial charge is 0.508 e. The van der Waals surface area contributed by atoms with E-state index in [-0.39, 0.29) is 0 Å². The summed E-state index contributed by atoms with van der Waals surface area (Å²) in [6, 6.07) is 7.69. The maximum atomic E-state index is 9.46. The van der Waals surface area contributed by atoms with E-state index in [4.69, 9.17) is 0 Å². The molecule has 1 heteroatoms. The molecule has 0 aliphatic heterocycles.